The fourth-order valence-corrected chi connectivity index (χ4v) is 1.16. The van der Waals surface area contributed by atoms with E-state index in [0.717, 1.165) is 11.4 Å². The Hall–Kier alpha value is -1.54. The molecular weight excluding hydrogens is 272 g/mol. The molecule has 0 aliphatic carbocycles. The first-order chi connectivity index (χ1) is 8.65. The van der Waals surface area contributed by atoms with Crippen LogP contribution < -0.4 is 21.7 Å². The molecular formula is C10H14N4O2S2. The third kappa shape index (κ3) is 5.19. The standard InChI is InChI=1S/C10H14N4O2S2/c15-9(5-17)13-11-7-1-2-8(4-3-7)12-14-10(16)6-18/h1-4,11-12,17-18H,5-6H2,(H,13,15)(H,14,16). The highest BCUT2D eigenvalue weighted by Crippen LogP contribution is 2.11. The molecule has 1 aromatic rings. The molecule has 2 amide bonds. The van der Waals surface area contributed by atoms with Gasteiger partial charge in [0.05, 0.1) is 22.9 Å². The lowest BCUT2D eigenvalue weighted by atomic mass is 10.3. The van der Waals surface area contributed by atoms with Crippen molar-refractivity contribution >= 4 is 48.4 Å². The van der Waals surface area contributed by atoms with Gasteiger partial charge in [0.1, 0.15) is 0 Å². The molecule has 98 valence electrons. The van der Waals surface area contributed by atoms with Gasteiger partial charge in [-0.3, -0.25) is 31.3 Å². The smallest absolute Gasteiger partial charge is 0.248 e. The maximum atomic E-state index is 10.9. The van der Waals surface area contributed by atoms with Crippen molar-refractivity contribution in [2.75, 3.05) is 22.4 Å². The number of hydrogen-bond acceptors (Lipinski definition) is 6. The number of nitrogens with one attached hydrogen (secondary N) is 4. The van der Waals surface area contributed by atoms with Gasteiger partial charge in [0.25, 0.3) is 0 Å². The van der Waals surface area contributed by atoms with Crippen molar-refractivity contribution in [1.29, 1.82) is 0 Å². The highest BCUT2D eigenvalue weighted by atomic mass is 32.1. The van der Waals surface area contributed by atoms with E-state index in [2.05, 4.69) is 47.0 Å². The Bertz CT molecular complexity index is 372. The fraction of sp³-hybridized carbons (Fsp3) is 0.200. The van der Waals surface area contributed by atoms with Crippen molar-refractivity contribution in [2.24, 2.45) is 0 Å². The summed E-state index contributed by atoms with van der Waals surface area (Å²) in [7, 11) is 0. The number of carbonyl (C=O) groups is 2. The summed E-state index contributed by atoms with van der Waals surface area (Å²) in [5.74, 6) is -0.215. The van der Waals surface area contributed by atoms with E-state index in [1.54, 1.807) is 24.3 Å². The molecule has 0 radical (unpaired) electrons. The Morgan fingerprint density at radius 2 is 1.17 bits per heavy atom. The van der Waals surface area contributed by atoms with Crippen LogP contribution in [-0.2, 0) is 9.59 Å². The van der Waals surface area contributed by atoms with Crippen LogP contribution in [0.3, 0.4) is 0 Å². The van der Waals surface area contributed by atoms with Gasteiger partial charge in [0, 0.05) is 0 Å². The lowest BCUT2D eigenvalue weighted by molar-refractivity contribution is -0.118. The number of carbonyl (C=O) groups excluding carboxylic acids is 2. The molecule has 1 rings (SSSR count). The van der Waals surface area contributed by atoms with Crippen LogP contribution >= 0.6 is 25.3 Å². The molecule has 0 unspecified atom stereocenters. The molecule has 4 N–H and O–H groups in total. The molecule has 0 spiro atoms. The number of hydrazine groups is 2. The van der Waals surface area contributed by atoms with Crippen LogP contribution in [-0.4, -0.2) is 23.3 Å². The van der Waals surface area contributed by atoms with Crippen molar-refractivity contribution in [3.8, 4) is 0 Å². The Labute approximate surface area is 116 Å². The van der Waals surface area contributed by atoms with Crippen LogP contribution in [0, 0.1) is 0 Å². The third-order valence-corrected chi connectivity index (χ3v) is 2.44. The first kappa shape index (κ1) is 14.5. The summed E-state index contributed by atoms with van der Waals surface area (Å²) in [5, 5.41) is 0. The number of anilines is 2. The predicted octanol–water partition coefficient (Wildman–Crippen LogP) is 0.432. The SMILES string of the molecule is O=C(CS)NNc1ccc(NNC(=O)CS)cc1. The van der Waals surface area contributed by atoms with Crippen LogP contribution in [0.15, 0.2) is 24.3 Å². The van der Waals surface area contributed by atoms with Gasteiger partial charge in [0.15, 0.2) is 0 Å². The second-order valence-electron chi connectivity index (χ2n) is 3.24. The van der Waals surface area contributed by atoms with Gasteiger partial charge >= 0.3 is 0 Å². The Balaban J connectivity index is 2.42. The molecule has 0 heterocycles. The Morgan fingerprint density at radius 3 is 1.44 bits per heavy atom. The van der Waals surface area contributed by atoms with Crippen molar-refractivity contribution in [1.82, 2.24) is 10.9 Å². The van der Waals surface area contributed by atoms with Gasteiger partial charge in [-0.1, -0.05) is 0 Å². The number of benzene rings is 1. The van der Waals surface area contributed by atoms with E-state index in [0.29, 0.717) is 0 Å². The average Bonchev–Trinajstić information content (AvgIpc) is 2.43. The van der Waals surface area contributed by atoms with Gasteiger partial charge in [-0.25, -0.2) is 0 Å². The zero-order valence-electron chi connectivity index (χ0n) is 9.43. The number of hydrogen-bond donors (Lipinski definition) is 6. The summed E-state index contributed by atoms with van der Waals surface area (Å²) in [6.07, 6.45) is 0. The topological polar surface area (TPSA) is 82.3 Å². The fourth-order valence-electron chi connectivity index (χ4n) is 1.000. The average molecular weight is 286 g/mol. The van der Waals surface area contributed by atoms with E-state index in [9.17, 15) is 9.59 Å². The number of thiol groups is 2. The molecule has 0 saturated heterocycles. The van der Waals surface area contributed by atoms with Crippen molar-refractivity contribution in [3.05, 3.63) is 24.3 Å². The summed E-state index contributed by atoms with van der Waals surface area (Å²) >= 11 is 7.65. The maximum absolute atomic E-state index is 10.9. The monoisotopic (exact) mass is 286 g/mol. The normalized spacial score (nSPS) is 9.44. The van der Waals surface area contributed by atoms with E-state index >= 15 is 0 Å². The molecule has 8 heteroatoms. The van der Waals surface area contributed by atoms with Crippen LogP contribution in [0.4, 0.5) is 11.4 Å². The van der Waals surface area contributed by atoms with E-state index in [1.807, 2.05) is 0 Å². The largest absolute Gasteiger partial charge is 0.299 e. The van der Waals surface area contributed by atoms with Crippen LogP contribution in [0.5, 0.6) is 0 Å². The second kappa shape index (κ2) is 7.72. The van der Waals surface area contributed by atoms with Crippen molar-refractivity contribution in [3.63, 3.8) is 0 Å². The second-order valence-corrected chi connectivity index (χ2v) is 3.87. The molecule has 0 bridgehead atoms. The highest BCUT2D eigenvalue weighted by Gasteiger charge is 1.98. The predicted molar refractivity (Wildman–Crippen MR) is 77.7 cm³/mol. The van der Waals surface area contributed by atoms with Gasteiger partial charge < -0.3 is 0 Å². The molecule has 0 aliphatic heterocycles. The lowest BCUT2D eigenvalue weighted by Gasteiger charge is -2.10. The third-order valence-electron chi connectivity index (χ3n) is 1.86. The first-order valence-electron chi connectivity index (χ1n) is 5.07. The van der Waals surface area contributed by atoms with Crippen LogP contribution in [0.1, 0.15) is 0 Å². The van der Waals surface area contributed by atoms with Crippen molar-refractivity contribution in [2.45, 2.75) is 0 Å². The van der Waals surface area contributed by atoms with Gasteiger partial charge in [-0.2, -0.15) is 25.3 Å². The molecule has 0 saturated carbocycles. The van der Waals surface area contributed by atoms with Crippen molar-refractivity contribution < 1.29 is 9.59 Å². The molecule has 0 aliphatic rings. The summed E-state index contributed by atoms with van der Waals surface area (Å²) < 4.78 is 0. The molecule has 0 fully saturated rings. The highest BCUT2D eigenvalue weighted by molar-refractivity contribution is 7.81. The minimum atomic E-state index is -0.221. The summed E-state index contributed by atoms with van der Waals surface area (Å²) in [6, 6.07) is 6.98. The quantitative estimate of drug-likeness (QED) is 0.338. The number of rotatable bonds is 6. The van der Waals surface area contributed by atoms with Gasteiger partial charge in [0.2, 0.25) is 11.8 Å². The molecule has 1 aromatic carbocycles. The van der Waals surface area contributed by atoms with E-state index in [1.165, 1.54) is 0 Å². The van der Waals surface area contributed by atoms with E-state index in [-0.39, 0.29) is 23.3 Å². The molecule has 0 atom stereocenters. The lowest BCUT2D eigenvalue weighted by Crippen LogP contribution is -2.31. The van der Waals surface area contributed by atoms with E-state index < -0.39 is 0 Å². The Kier molecular flexibility index (Phi) is 6.23. The summed E-state index contributed by atoms with van der Waals surface area (Å²) in [5.41, 5.74) is 11.8. The zero-order valence-corrected chi connectivity index (χ0v) is 11.2. The number of amides is 2. The Morgan fingerprint density at radius 1 is 0.833 bits per heavy atom. The molecule has 18 heavy (non-hydrogen) atoms. The summed E-state index contributed by atoms with van der Waals surface area (Å²) in [6.45, 7) is 0. The van der Waals surface area contributed by atoms with Crippen LogP contribution in [0.2, 0.25) is 0 Å². The minimum Gasteiger partial charge on any atom is -0.299 e. The van der Waals surface area contributed by atoms with Gasteiger partial charge in [-0.05, 0) is 24.3 Å². The zero-order chi connectivity index (χ0) is 13.4. The first-order valence-corrected chi connectivity index (χ1v) is 6.33. The molecule has 6 nitrogen and oxygen atoms in total. The van der Waals surface area contributed by atoms with Gasteiger partial charge in [-0.15, -0.1) is 0 Å². The molecule has 0 aromatic heterocycles. The minimum absolute atomic E-state index is 0.113. The van der Waals surface area contributed by atoms with E-state index in [4.69, 9.17) is 0 Å². The maximum Gasteiger partial charge on any atom is 0.248 e. The van der Waals surface area contributed by atoms with Crippen LogP contribution in [0.25, 0.3) is 0 Å². The summed E-state index contributed by atoms with van der Waals surface area (Å²) in [4.78, 5) is 21.9.